The number of nitrogens with one attached hydrogen (secondary N) is 13. The van der Waals surface area contributed by atoms with Gasteiger partial charge in [0.1, 0.15) is 48.8 Å². The van der Waals surface area contributed by atoms with Crippen LogP contribution in [0.3, 0.4) is 0 Å². The van der Waals surface area contributed by atoms with Crippen LogP contribution in [0.4, 0.5) is 11.4 Å². The summed E-state index contributed by atoms with van der Waals surface area (Å²) < 4.78 is 57.2. The topological polar surface area (TPSA) is 603 Å². The molecule has 0 saturated carbocycles. The lowest BCUT2D eigenvalue weighted by Crippen LogP contribution is -2.61. The number of nitrogens with zero attached hydrogens (tertiary/aromatic N) is 2. The zero-order valence-corrected chi connectivity index (χ0v) is 80.7. The Kier molecular flexibility index (Phi) is 45.7. The summed E-state index contributed by atoms with van der Waals surface area (Å²) in [5.41, 5.74) is 22.7. The summed E-state index contributed by atoms with van der Waals surface area (Å²) in [5, 5.41) is 51.8. The van der Waals surface area contributed by atoms with Crippen molar-refractivity contribution in [1.82, 2.24) is 63.8 Å². The molecule has 40 nitrogen and oxygen atoms in total. The van der Waals surface area contributed by atoms with E-state index in [0.717, 1.165) is 57.8 Å². The van der Waals surface area contributed by atoms with Crippen LogP contribution in [0.15, 0.2) is 121 Å². The molecular weight excluding hydrogens is 1820 g/mol. The molecule has 7 rings (SSSR count). The van der Waals surface area contributed by atoms with Gasteiger partial charge in [-0.25, -0.2) is 4.79 Å². The number of carboxylic acid groups (broad SMARTS) is 1. The molecule has 13 amide bonds. The molecule has 0 unspecified atom stereocenters. The highest BCUT2D eigenvalue weighted by Crippen LogP contribution is 2.51. The van der Waals surface area contributed by atoms with Gasteiger partial charge in [0.25, 0.3) is 10.1 Å². The normalized spacial score (nSPS) is 20.1. The van der Waals surface area contributed by atoms with E-state index in [0.29, 0.717) is 38.8 Å². The van der Waals surface area contributed by atoms with Gasteiger partial charge in [-0.1, -0.05) is 155 Å². The van der Waals surface area contributed by atoms with Gasteiger partial charge < -0.3 is 110 Å². The maximum absolute atomic E-state index is 14.1. The average Bonchev–Trinajstić information content (AvgIpc) is 1.58. The van der Waals surface area contributed by atoms with Gasteiger partial charge in [-0.15, -0.1) is 0 Å². The molecule has 0 radical (unpaired) electrons. The number of aliphatic carboxylic acids is 1. The molecule has 0 aromatic heterocycles. The van der Waals surface area contributed by atoms with Crippen LogP contribution in [0.5, 0.6) is 0 Å². The SMILES string of the molecule is CC(C)[C@@H]1NC(=O)[C@H](CC(N)=O)NC(=O)CNC(=O)[C@@H](NC(=O)CNC(=O)CCOCCOCCOCCOCCNC(=O)CCCCCN2/C(=C/C=C/C=C/C=C/C3=[N+](CCCCS(=O)(=O)O)c4ccc5ccccc5c4C3(C)C)C(C)(C)c3c2ccc2ccccc32)CSSC[C@@H](C(=O)O)NC(=O)CNC(=O)[C@H](CCC(N)=O)NC(=O)[C@H](CCCNC(=N)N)NC(=O)[C@H](C(C)C)NC1=O. The summed E-state index contributed by atoms with van der Waals surface area (Å²) in [6.07, 6.45) is 16.2. The number of hydrogen-bond donors (Lipinski definition) is 18. The lowest BCUT2D eigenvalue weighted by Gasteiger charge is -2.29. The molecule has 3 aliphatic rings. The predicted octanol–water partition coefficient (Wildman–Crippen LogP) is 2.46. The number of primary amides is 2. The Hall–Kier alpha value is -11.9. The van der Waals surface area contributed by atoms with E-state index in [9.17, 15) is 85.2 Å². The van der Waals surface area contributed by atoms with Crippen LogP contribution < -0.4 is 85.9 Å². The third kappa shape index (κ3) is 36.3. The summed E-state index contributed by atoms with van der Waals surface area (Å²) >= 11 is 0. The minimum atomic E-state index is -4.07. The summed E-state index contributed by atoms with van der Waals surface area (Å²) in [4.78, 5) is 189. The molecular formula is C93H133N18O22S3+. The summed E-state index contributed by atoms with van der Waals surface area (Å²) in [6.45, 7) is 16.0. The van der Waals surface area contributed by atoms with E-state index < -0.39 is 192 Å². The van der Waals surface area contributed by atoms with E-state index in [2.05, 4.69) is 186 Å². The van der Waals surface area contributed by atoms with Crippen molar-refractivity contribution >= 4 is 159 Å². The smallest absolute Gasteiger partial charge is 0.327 e. The molecule has 1 fully saturated rings. The Morgan fingerprint density at radius 1 is 0.551 bits per heavy atom. The van der Waals surface area contributed by atoms with Crippen molar-refractivity contribution in [2.24, 2.45) is 29.0 Å². The number of benzene rings is 4. The molecule has 7 atom stereocenters. The molecule has 0 bridgehead atoms. The highest BCUT2D eigenvalue weighted by atomic mass is 33.1. The molecule has 4 aromatic carbocycles. The first kappa shape index (κ1) is 111. The zero-order valence-electron chi connectivity index (χ0n) is 78.3. The molecule has 744 valence electrons. The quantitative estimate of drug-likeness (QED) is 0.00575. The Bertz CT molecular complexity index is 5160. The van der Waals surface area contributed by atoms with E-state index >= 15 is 0 Å². The number of amides is 13. The Labute approximate surface area is 800 Å². The largest absolute Gasteiger partial charge is 0.480 e. The summed E-state index contributed by atoms with van der Waals surface area (Å²) in [6, 6.07) is 14.6. The Morgan fingerprint density at radius 2 is 1.11 bits per heavy atom. The lowest BCUT2D eigenvalue weighted by molar-refractivity contribution is -0.438. The van der Waals surface area contributed by atoms with Crippen LogP contribution in [0.1, 0.15) is 144 Å². The van der Waals surface area contributed by atoms with Crippen molar-refractivity contribution in [3.63, 3.8) is 0 Å². The minimum Gasteiger partial charge on any atom is -0.480 e. The van der Waals surface area contributed by atoms with Gasteiger partial charge in [-0.05, 0) is 110 Å². The van der Waals surface area contributed by atoms with Gasteiger partial charge in [0.2, 0.25) is 82.5 Å². The van der Waals surface area contributed by atoms with E-state index in [1.165, 1.54) is 52.5 Å². The van der Waals surface area contributed by atoms with Crippen LogP contribution in [0.25, 0.3) is 21.5 Å². The number of anilines is 1. The second kappa shape index (κ2) is 56.0. The number of carbonyl (C=O) groups is 14. The first-order valence-electron chi connectivity index (χ1n) is 45.4. The summed E-state index contributed by atoms with van der Waals surface area (Å²) in [5.74, 6) is -16.0. The minimum absolute atomic E-state index is 0.0302. The van der Waals surface area contributed by atoms with Crippen LogP contribution >= 0.6 is 21.6 Å². The fourth-order valence-corrected chi connectivity index (χ4v) is 18.5. The van der Waals surface area contributed by atoms with Crippen LogP contribution in [0, 0.1) is 17.2 Å². The molecule has 136 heavy (non-hydrogen) atoms. The van der Waals surface area contributed by atoms with Gasteiger partial charge in [-0.3, -0.25) is 72.3 Å². The molecule has 0 aliphatic carbocycles. The first-order chi connectivity index (χ1) is 64.7. The third-order valence-electron chi connectivity index (χ3n) is 22.5. The van der Waals surface area contributed by atoms with Gasteiger partial charge in [-0.2, -0.15) is 13.0 Å². The second-order valence-corrected chi connectivity index (χ2v) is 38.7. The average molecular weight is 1950 g/mol. The van der Waals surface area contributed by atoms with Crippen molar-refractivity contribution in [2.45, 2.75) is 186 Å². The number of unbranched alkanes of at least 4 members (excludes halogenated alkanes) is 3. The van der Waals surface area contributed by atoms with Gasteiger partial charge in [0.15, 0.2) is 11.7 Å². The first-order valence-corrected chi connectivity index (χ1v) is 49.5. The maximum atomic E-state index is 14.1. The van der Waals surface area contributed by atoms with Crippen molar-refractivity contribution < 1.29 is 109 Å². The molecule has 21 N–H and O–H groups in total. The number of allylic oxidation sites excluding steroid dienone is 8. The Morgan fingerprint density at radius 3 is 1.74 bits per heavy atom. The molecule has 43 heteroatoms. The number of carboxylic acids is 1. The number of nitrogens with two attached hydrogens (primary N) is 3. The second-order valence-electron chi connectivity index (χ2n) is 34.6. The molecule has 3 aliphatic heterocycles. The highest BCUT2D eigenvalue weighted by Gasteiger charge is 2.46. The molecule has 0 spiro atoms. The van der Waals surface area contributed by atoms with Gasteiger partial charge in [0, 0.05) is 91.3 Å². The number of carbonyl (C=O) groups excluding carboxylic acids is 13. The van der Waals surface area contributed by atoms with E-state index in [-0.39, 0.29) is 107 Å². The van der Waals surface area contributed by atoms with Gasteiger partial charge in [0.05, 0.1) is 90.1 Å². The van der Waals surface area contributed by atoms with Crippen molar-refractivity contribution in [1.29, 1.82) is 5.41 Å². The van der Waals surface area contributed by atoms with Crippen molar-refractivity contribution in [3.05, 3.63) is 132 Å². The van der Waals surface area contributed by atoms with Crippen LogP contribution in [0.2, 0.25) is 0 Å². The number of fused-ring (bicyclic) bond motifs is 6. The number of ether oxygens (including phenoxy) is 4. The lowest BCUT2D eigenvalue weighted by atomic mass is 9.79. The van der Waals surface area contributed by atoms with Crippen LogP contribution in [-0.2, 0) is 107 Å². The standard InChI is InChI=1S/C93H132N18O22S3/c1-58(2)82-88(123)107-64(28-23-39-99-91(96)97)86(121)106-65(34-37-73(94)112)84(119)101-55-79(118)105-68(90(125)126)57-135-134-56-67(85(120)102-54-78(117)103-66(52-74(95)113)87(122)108-83(59(3)4)89(124)109-82)104-77(116)53-100-76(115)38-43-130-45-47-132-49-50-133-48-46-131-44-40-98-75(114)31-15-12-20-41-110-69-35-32-60-24-16-18-26-62(60)80(69)92(5,6)71(110)29-13-10-9-11-14-30-72-93(7,8)81-63-27-19-17-25-61(63)33-36-70(81)111(72)42-21-22-51-136(127,128)129/h9-11,13-14,16-19,24-27,29-30,32-33,35-36,58-59,64-68,82-83H,12,15,20-23,28,31,34,37-57H2,1-8H3,(H20-,94,95,96,97,98,99,100,101,102,103,104,105,106,107,108,109,112,113,114,115,116,117,118,119,120,121,122,123,124,125,126,127,128,129)/p+1/t64-,65-,66-,67-,68-,82-,83-/m0/s1. The summed E-state index contributed by atoms with van der Waals surface area (Å²) in [7, 11) is -2.42. The van der Waals surface area contributed by atoms with E-state index in [1.807, 2.05) is 30.4 Å². The molecule has 3 heterocycles. The zero-order chi connectivity index (χ0) is 99.7. The number of rotatable bonds is 45. The predicted molar refractivity (Wildman–Crippen MR) is 518 cm³/mol. The fraction of sp³-hybridized carbons (Fsp3) is 0.527. The number of guanidine groups is 1. The molecule has 4 aromatic rings. The van der Waals surface area contributed by atoms with E-state index in [4.69, 9.17) is 41.6 Å². The van der Waals surface area contributed by atoms with Crippen LogP contribution in [-0.4, -0.2) is 275 Å². The fourth-order valence-electron chi connectivity index (χ4n) is 15.6. The Balaban J connectivity index is 0.814. The number of hydrogen-bond acceptors (Lipinski definition) is 24. The maximum Gasteiger partial charge on any atom is 0.327 e. The third-order valence-corrected chi connectivity index (χ3v) is 25.8. The van der Waals surface area contributed by atoms with Gasteiger partial charge >= 0.3 is 5.97 Å². The van der Waals surface area contributed by atoms with E-state index in [1.54, 1.807) is 13.8 Å². The highest BCUT2D eigenvalue weighted by molar-refractivity contribution is 8.76. The molecule has 1 saturated heterocycles. The monoisotopic (exact) mass is 1950 g/mol. The van der Waals surface area contributed by atoms with Crippen molar-refractivity contribution in [3.8, 4) is 0 Å². The van der Waals surface area contributed by atoms with Crippen molar-refractivity contribution in [2.75, 3.05) is 121 Å².